The lowest BCUT2D eigenvalue weighted by atomic mass is 9.89. The molecule has 0 unspecified atom stereocenters. The largest absolute Gasteiger partial charge is 0.354 e. The molecular formula is C20H25N3O2. The molecule has 0 radical (unpaired) electrons. The summed E-state index contributed by atoms with van der Waals surface area (Å²) >= 11 is 0. The third kappa shape index (κ3) is 4.78. The molecule has 2 amide bonds. The van der Waals surface area contributed by atoms with E-state index in [9.17, 15) is 9.59 Å². The van der Waals surface area contributed by atoms with Gasteiger partial charge in [0.15, 0.2) is 0 Å². The van der Waals surface area contributed by atoms with Crippen LogP contribution >= 0.6 is 0 Å². The third-order valence-electron chi connectivity index (χ3n) is 4.83. The minimum Gasteiger partial charge on any atom is -0.354 e. The highest BCUT2D eigenvalue weighted by atomic mass is 16.2. The normalized spacial score (nSPS) is 15.0. The second-order valence-electron chi connectivity index (χ2n) is 6.64. The van der Waals surface area contributed by atoms with Crippen molar-refractivity contribution in [1.82, 2.24) is 15.6 Å². The van der Waals surface area contributed by atoms with Crippen LogP contribution in [0.5, 0.6) is 0 Å². The topological polar surface area (TPSA) is 71.1 Å². The van der Waals surface area contributed by atoms with Gasteiger partial charge in [-0.25, -0.2) is 0 Å². The molecule has 3 rings (SSSR count). The molecule has 5 nitrogen and oxygen atoms in total. The summed E-state index contributed by atoms with van der Waals surface area (Å²) in [5, 5.41) is 6.74. The molecule has 5 heteroatoms. The van der Waals surface area contributed by atoms with E-state index in [0.717, 1.165) is 48.6 Å². The Kier molecular flexibility index (Phi) is 5.99. The minimum absolute atomic E-state index is 0.0214. The van der Waals surface area contributed by atoms with Crippen molar-refractivity contribution in [2.75, 3.05) is 13.1 Å². The fraction of sp³-hybridized carbons (Fsp3) is 0.450. The first kappa shape index (κ1) is 17.4. The third-order valence-corrected chi connectivity index (χ3v) is 4.83. The van der Waals surface area contributed by atoms with Gasteiger partial charge in [0.1, 0.15) is 0 Å². The average molecular weight is 339 g/mol. The van der Waals surface area contributed by atoms with Crippen LogP contribution in [-0.2, 0) is 16.0 Å². The number of hydrogen-bond donors (Lipinski definition) is 2. The van der Waals surface area contributed by atoms with Gasteiger partial charge >= 0.3 is 0 Å². The predicted molar refractivity (Wildman–Crippen MR) is 98.0 cm³/mol. The van der Waals surface area contributed by atoms with Crippen molar-refractivity contribution in [1.29, 1.82) is 0 Å². The number of carbonyl (C=O) groups excluding carboxylic acids is 2. The van der Waals surface area contributed by atoms with E-state index in [1.165, 1.54) is 6.42 Å². The number of para-hydroxylation sites is 1. The molecule has 1 aliphatic carbocycles. The van der Waals surface area contributed by atoms with Gasteiger partial charge in [0.25, 0.3) is 0 Å². The number of fused-ring (bicyclic) bond motifs is 1. The van der Waals surface area contributed by atoms with E-state index >= 15 is 0 Å². The van der Waals surface area contributed by atoms with Crippen LogP contribution < -0.4 is 10.6 Å². The molecule has 2 aromatic rings. The molecule has 0 aliphatic heterocycles. The number of pyridine rings is 1. The van der Waals surface area contributed by atoms with Crippen molar-refractivity contribution in [2.45, 2.75) is 38.5 Å². The lowest BCUT2D eigenvalue weighted by Crippen LogP contribution is -2.40. The lowest BCUT2D eigenvalue weighted by Gasteiger charge is -2.20. The maximum atomic E-state index is 12.0. The summed E-state index contributed by atoms with van der Waals surface area (Å²) in [6.07, 6.45) is 7.84. The Labute approximate surface area is 148 Å². The highest BCUT2D eigenvalue weighted by Gasteiger charge is 2.21. The van der Waals surface area contributed by atoms with Crippen molar-refractivity contribution in [3.63, 3.8) is 0 Å². The van der Waals surface area contributed by atoms with Crippen LogP contribution in [0.15, 0.2) is 36.5 Å². The molecule has 0 atom stereocenters. The number of hydrogen-bond acceptors (Lipinski definition) is 3. The number of aromatic nitrogens is 1. The molecule has 0 saturated heterocycles. The Hall–Kier alpha value is -2.43. The monoisotopic (exact) mass is 339 g/mol. The summed E-state index contributed by atoms with van der Waals surface area (Å²) in [4.78, 5) is 28.4. The molecule has 0 bridgehead atoms. The van der Waals surface area contributed by atoms with Gasteiger partial charge < -0.3 is 10.6 Å². The van der Waals surface area contributed by atoms with Crippen molar-refractivity contribution < 1.29 is 9.59 Å². The van der Waals surface area contributed by atoms with Crippen LogP contribution in [0.2, 0.25) is 0 Å². The number of benzene rings is 1. The molecule has 1 saturated carbocycles. The van der Waals surface area contributed by atoms with Gasteiger partial charge in [-0.05, 0) is 30.9 Å². The van der Waals surface area contributed by atoms with E-state index in [4.69, 9.17) is 0 Å². The molecule has 1 heterocycles. The summed E-state index contributed by atoms with van der Waals surface area (Å²) in [6, 6.07) is 10.0. The summed E-state index contributed by atoms with van der Waals surface area (Å²) in [7, 11) is 0. The number of carbonyl (C=O) groups is 2. The summed E-state index contributed by atoms with van der Waals surface area (Å²) in [6.45, 7) is 0.594. The van der Waals surface area contributed by atoms with Crippen molar-refractivity contribution in [3.8, 4) is 0 Å². The van der Waals surface area contributed by atoms with Crippen LogP contribution in [-0.4, -0.2) is 29.9 Å². The highest BCUT2D eigenvalue weighted by Crippen LogP contribution is 2.23. The highest BCUT2D eigenvalue weighted by molar-refractivity contribution is 5.86. The Morgan fingerprint density at radius 1 is 1.04 bits per heavy atom. The SMILES string of the molecule is O=C(CNC(=O)C1CCCCC1)NCCc1cccc2cccnc12. The smallest absolute Gasteiger partial charge is 0.239 e. The molecule has 1 aromatic heterocycles. The first-order chi connectivity index (χ1) is 12.2. The number of amides is 2. The van der Waals surface area contributed by atoms with E-state index in [-0.39, 0.29) is 24.3 Å². The first-order valence-electron chi connectivity index (χ1n) is 9.11. The minimum atomic E-state index is -0.141. The molecule has 1 aromatic carbocycles. The van der Waals surface area contributed by atoms with Crippen LogP contribution in [0, 0.1) is 5.92 Å². The zero-order valence-electron chi connectivity index (χ0n) is 14.5. The second-order valence-corrected chi connectivity index (χ2v) is 6.64. The number of rotatable bonds is 6. The van der Waals surface area contributed by atoms with E-state index < -0.39 is 0 Å². The molecule has 132 valence electrons. The van der Waals surface area contributed by atoms with Crippen LogP contribution in [0.25, 0.3) is 10.9 Å². The maximum absolute atomic E-state index is 12.0. The summed E-state index contributed by atoms with van der Waals surface area (Å²) in [5.41, 5.74) is 2.09. The van der Waals surface area contributed by atoms with Gasteiger partial charge in [-0.3, -0.25) is 14.6 Å². The van der Waals surface area contributed by atoms with Gasteiger partial charge in [0, 0.05) is 24.0 Å². The lowest BCUT2D eigenvalue weighted by molar-refractivity contribution is -0.129. The number of nitrogens with zero attached hydrogens (tertiary/aromatic N) is 1. The fourth-order valence-corrected chi connectivity index (χ4v) is 3.44. The van der Waals surface area contributed by atoms with Gasteiger partial charge in [-0.15, -0.1) is 0 Å². The molecule has 25 heavy (non-hydrogen) atoms. The molecule has 0 spiro atoms. The Morgan fingerprint density at radius 2 is 1.84 bits per heavy atom. The van der Waals surface area contributed by atoms with E-state index in [1.807, 2.05) is 30.3 Å². The van der Waals surface area contributed by atoms with Crippen LogP contribution in [0.4, 0.5) is 0 Å². The zero-order valence-corrected chi connectivity index (χ0v) is 14.5. The van der Waals surface area contributed by atoms with Crippen LogP contribution in [0.3, 0.4) is 0 Å². The van der Waals surface area contributed by atoms with E-state index in [1.54, 1.807) is 6.20 Å². The Balaban J connectivity index is 1.42. The predicted octanol–water partition coefficient (Wildman–Crippen LogP) is 2.59. The Morgan fingerprint density at radius 3 is 2.68 bits per heavy atom. The summed E-state index contributed by atoms with van der Waals surface area (Å²) in [5.74, 6) is -0.0335. The van der Waals surface area contributed by atoms with Crippen molar-refractivity contribution in [2.24, 2.45) is 5.92 Å². The van der Waals surface area contributed by atoms with E-state index in [0.29, 0.717) is 6.54 Å². The summed E-state index contributed by atoms with van der Waals surface area (Å²) < 4.78 is 0. The van der Waals surface area contributed by atoms with E-state index in [2.05, 4.69) is 15.6 Å². The maximum Gasteiger partial charge on any atom is 0.239 e. The fourth-order valence-electron chi connectivity index (χ4n) is 3.44. The molecule has 1 fully saturated rings. The van der Waals surface area contributed by atoms with Gasteiger partial charge in [-0.2, -0.15) is 0 Å². The number of nitrogens with one attached hydrogen (secondary N) is 2. The van der Waals surface area contributed by atoms with Crippen molar-refractivity contribution >= 4 is 22.7 Å². The molecular weight excluding hydrogens is 314 g/mol. The van der Waals surface area contributed by atoms with Crippen LogP contribution in [0.1, 0.15) is 37.7 Å². The van der Waals surface area contributed by atoms with Gasteiger partial charge in [0.05, 0.1) is 12.1 Å². The standard InChI is InChI=1S/C20H25N3O2/c24-18(14-23-20(25)17-6-2-1-3-7-17)21-13-11-16-9-4-8-15-10-5-12-22-19(15)16/h4-5,8-10,12,17H,1-3,6-7,11,13-14H2,(H,21,24)(H,23,25). The van der Waals surface area contributed by atoms with Gasteiger partial charge in [0.2, 0.25) is 11.8 Å². The molecule has 1 aliphatic rings. The van der Waals surface area contributed by atoms with Gasteiger partial charge in [-0.1, -0.05) is 43.5 Å². The second kappa shape index (κ2) is 8.60. The van der Waals surface area contributed by atoms with Crippen molar-refractivity contribution in [3.05, 3.63) is 42.1 Å². The zero-order chi connectivity index (χ0) is 17.5. The average Bonchev–Trinajstić information content (AvgIpc) is 2.67. The Bertz CT molecular complexity index is 733. The molecule has 2 N–H and O–H groups in total. The quantitative estimate of drug-likeness (QED) is 0.850. The first-order valence-corrected chi connectivity index (χ1v) is 9.11.